The monoisotopic (exact) mass is 267 g/mol. The lowest BCUT2D eigenvalue weighted by Crippen LogP contribution is -2.36. The number of nitrogens with two attached hydrogens (primary N) is 1. The highest BCUT2D eigenvalue weighted by Gasteiger charge is 2.22. The Hall–Kier alpha value is -2.64. The summed E-state index contributed by atoms with van der Waals surface area (Å²) < 4.78 is 0. The molecule has 0 saturated carbocycles. The molecule has 8 nitrogen and oxygen atoms in total. The first-order chi connectivity index (χ1) is 8.82. The highest BCUT2D eigenvalue weighted by molar-refractivity contribution is 6.00. The van der Waals surface area contributed by atoms with Crippen molar-refractivity contribution in [3.8, 4) is 0 Å². The van der Waals surface area contributed by atoms with E-state index in [9.17, 15) is 14.4 Å². The third-order valence-corrected chi connectivity index (χ3v) is 2.34. The molecule has 1 aromatic heterocycles. The van der Waals surface area contributed by atoms with Crippen molar-refractivity contribution in [2.45, 2.75) is 6.92 Å². The van der Waals surface area contributed by atoms with E-state index in [4.69, 9.17) is 15.9 Å². The first kappa shape index (κ1) is 14.4. The Labute approximate surface area is 108 Å². The molecule has 0 spiro atoms. The smallest absolute Gasteiger partial charge is 0.323 e. The molecule has 8 heteroatoms. The number of hydrogen-bond donors (Lipinski definition) is 3. The van der Waals surface area contributed by atoms with Gasteiger partial charge in [0.25, 0.3) is 5.91 Å². The molecular formula is C11H13N3O5. The van der Waals surface area contributed by atoms with Gasteiger partial charge in [0.1, 0.15) is 18.9 Å². The van der Waals surface area contributed by atoms with Gasteiger partial charge in [0.15, 0.2) is 0 Å². The minimum absolute atomic E-state index is 0.0185. The number of carboxylic acid groups (broad SMARTS) is 2. The van der Waals surface area contributed by atoms with Crippen LogP contribution in [-0.2, 0) is 9.59 Å². The van der Waals surface area contributed by atoms with E-state index in [1.807, 2.05) is 0 Å². The van der Waals surface area contributed by atoms with E-state index < -0.39 is 30.9 Å². The highest BCUT2D eigenvalue weighted by Crippen LogP contribution is 2.20. The molecule has 0 bridgehead atoms. The first-order valence-electron chi connectivity index (χ1n) is 5.27. The largest absolute Gasteiger partial charge is 0.480 e. The summed E-state index contributed by atoms with van der Waals surface area (Å²) in [6.45, 7) is 0.414. The fourth-order valence-electron chi connectivity index (χ4n) is 1.62. The number of aromatic nitrogens is 1. The molecule has 102 valence electrons. The third kappa shape index (κ3) is 3.66. The summed E-state index contributed by atoms with van der Waals surface area (Å²) in [6, 6.07) is 1.53. The van der Waals surface area contributed by atoms with Crippen LogP contribution >= 0.6 is 0 Å². The number of anilines is 1. The molecule has 0 aliphatic carbocycles. The number of aliphatic carboxylic acids is 2. The van der Waals surface area contributed by atoms with Crippen molar-refractivity contribution in [1.29, 1.82) is 0 Å². The van der Waals surface area contributed by atoms with Crippen LogP contribution in [0.15, 0.2) is 12.3 Å². The Morgan fingerprint density at radius 3 is 2.21 bits per heavy atom. The minimum Gasteiger partial charge on any atom is -0.480 e. The first-order valence-corrected chi connectivity index (χ1v) is 5.27. The number of primary amides is 1. The number of rotatable bonds is 6. The Bertz CT molecular complexity index is 513. The van der Waals surface area contributed by atoms with Gasteiger partial charge in [-0.2, -0.15) is 0 Å². The van der Waals surface area contributed by atoms with Crippen LogP contribution in [0.25, 0.3) is 0 Å². The van der Waals surface area contributed by atoms with Gasteiger partial charge in [-0.05, 0) is 18.6 Å². The molecule has 0 saturated heterocycles. The van der Waals surface area contributed by atoms with Crippen LogP contribution < -0.4 is 10.6 Å². The van der Waals surface area contributed by atoms with Crippen LogP contribution in [0.3, 0.4) is 0 Å². The lowest BCUT2D eigenvalue weighted by atomic mass is 10.1. The molecule has 1 heterocycles. The number of carbonyl (C=O) groups excluding carboxylic acids is 1. The van der Waals surface area contributed by atoms with E-state index in [0.717, 1.165) is 4.90 Å². The maximum absolute atomic E-state index is 11.4. The maximum Gasteiger partial charge on any atom is 0.323 e. The predicted molar refractivity (Wildman–Crippen MR) is 65.0 cm³/mol. The second-order valence-corrected chi connectivity index (χ2v) is 3.83. The fourth-order valence-corrected chi connectivity index (χ4v) is 1.62. The lowest BCUT2D eigenvalue weighted by Gasteiger charge is -2.22. The molecule has 0 unspecified atom stereocenters. The normalized spacial score (nSPS) is 9.95. The Kier molecular flexibility index (Phi) is 4.41. The lowest BCUT2D eigenvalue weighted by molar-refractivity contribution is -0.136. The predicted octanol–water partition coefficient (Wildman–Crippen LogP) is -0.535. The summed E-state index contributed by atoms with van der Waals surface area (Å²) >= 11 is 0. The standard InChI is InChI=1S/C11H13N3O5/c1-6-2-3-13-11(9(6)10(12)19)14(4-7(15)16)5-8(17)18/h2-3H,4-5H2,1H3,(H2,12,19)(H,15,16)(H,17,18). The molecule has 19 heavy (non-hydrogen) atoms. The molecule has 0 aliphatic heterocycles. The molecule has 0 atom stereocenters. The van der Waals surface area contributed by atoms with E-state index in [2.05, 4.69) is 4.98 Å². The average molecular weight is 267 g/mol. The van der Waals surface area contributed by atoms with Gasteiger partial charge in [-0.25, -0.2) is 4.98 Å². The van der Waals surface area contributed by atoms with Crippen molar-refractivity contribution < 1.29 is 24.6 Å². The quantitative estimate of drug-likeness (QED) is 0.630. The van der Waals surface area contributed by atoms with E-state index >= 15 is 0 Å². The number of nitrogens with zero attached hydrogens (tertiary/aromatic N) is 2. The van der Waals surface area contributed by atoms with Crippen LogP contribution in [0, 0.1) is 6.92 Å². The van der Waals surface area contributed by atoms with Crippen molar-refractivity contribution >= 4 is 23.7 Å². The zero-order valence-electron chi connectivity index (χ0n) is 10.2. The number of carboxylic acids is 2. The molecule has 0 aliphatic rings. The van der Waals surface area contributed by atoms with Crippen LogP contribution in [-0.4, -0.2) is 46.1 Å². The van der Waals surface area contributed by atoms with Gasteiger partial charge >= 0.3 is 11.9 Å². The Morgan fingerprint density at radius 2 is 1.79 bits per heavy atom. The van der Waals surface area contributed by atoms with Crippen LogP contribution in [0.1, 0.15) is 15.9 Å². The number of carbonyl (C=O) groups is 3. The molecule has 4 N–H and O–H groups in total. The van der Waals surface area contributed by atoms with Gasteiger partial charge < -0.3 is 20.8 Å². The molecule has 0 fully saturated rings. The molecule has 1 aromatic rings. The highest BCUT2D eigenvalue weighted by atomic mass is 16.4. The Morgan fingerprint density at radius 1 is 1.26 bits per heavy atom. The van der Waals surface area contributed by atoms with E-state index in [0.29, 0.717) is 5.56 Å². The van der Waals surface area contributed by atoms with Crippen LogP contribution in [0.5, 0.6) is 0 Å². The number of amides is 1. The summed E-state index contributed by atoms with van der Waals surface area (Å²) in [4.78, 5) is 37.7. The van der Waals surface area contributed by atoms with Gasteiger partial charge in [-0.1, -0.05) is 0 Å². The number of pyridine rings is 1. The molecule has 0 aromatic carbocycles. The number of hydrogen-bond acceptors (Lipinski definition) is 5. The topological polar surface area (TPSA) is 134 Å². The van der Waals surface area contributed by atoms with Crippen molar-refractivity contribution in [2.24, 2.45) is 5.73 Å². The number of aryl methyl sites for hydroxylation is 1. The molecule has 1 amide bonds. The van der Waals surface area contributed by atoms with Crippen molar-refractivity contribution in [2.75, 3.05) is 18.0 Å². The van der Waals surface area contributed by atoms with Gasteiger partial charge in [-0.15, -0.1) is 0 Å². The summed E-state index contributed by atoms with van der Waals surface area (Å²) in [7, 11) is 0. The summed E-state index contributed by atoms with van der Waals surface area (Å²) in [6.07, 6.45) is 1.35. The zero-order chi connectivity index (χ0) is 14.6. The average Bonchev–Trinajstić information content (AvgIpc) is 2.25. The Balaban J connectivity index is 3.28. The maximum atomic E-state index is 11.4. The minimum atomic E-state index is -1.24. The summed E-state index contributed by atoms with van der Waals surface area (Å²) in [5.41, 5.74) is 5.73. The second kappa shape index (κ2) is 5.80. The van der Waals surface area contributed by atoms with E-state index in [-0.39, 0.29) is 11.4 Å². The van der Waals surface area contributed by atoms with Crippen molar-refractivity contribution in [3.05, 3.63) is 23.4 Å². The molecule has 0 radical (unpaired) electrons. The molecular weight excluding hydrogens is 254 g/mol. The third-order valence-electron chi connectivity index (χ3n) is 2.34. The molecule has 1 rings (SSSR count). The summed E-state index contributed by atoms with van der Waals surface area (Å²) in [5.74, 6) is -3.31. The van der Waals surface area contributed by atoms with Crippen LogP contribution in [0.4, 0.5) is 5.82 Å². The van der Waals surface area contributed by atoms with Gasteiger partial charge in [0, 0.05) is 6.20 Å². The van der Waals surface area contributed by atoms with Gasteiger partial charge in [0.05, 0.1) is 5.56 Å². The van der Waals surface area contributed by atoms with Crippen molar-refractivity contribution in [1.82, 2.24) is 4.98 Å². The zero-order valence-corrected chi connectivity index (χ0v) is 10.2. The van der Waals surface area contributed by atoms with Gasteiger partial charge in [-0.3, -0.25) is 14.4 Å². The van der Waals surface area contributed by atoms with Crippen molar-refractivity contribution in [3.63, 3.8) is 0 Å². The summed E-state index contributed by atoms with van der Waals surface area (Å²) in [5, 5.41) is 17.6. The fraction of sp³-hybridized carbons (Fsp3) is 0.273. The van der Waals surface area contributed by atoms with E-state index in [1.54, 1.807) is 6.92 Å². The van der Waals surface area contributed by atoms with Crippen LogP contribution in [0.2, 0.25) is 0 Å². The SMILES string of the molecule is Cc1ccnc(N(CC(=O)O)CC(=O)O)c1C(N)=O. The van der Waals surface area contributed by atoms with E-state index in [1.165, 1.54) is 12.3 Å². The second-order valence-electron chi connectivity index (χ2n) is 3.83. The van der Waals surface area contributed by atoms with Gasteiger partial charge in [0.2, 0.25) is 0 Å².